The van der Waals surface area contributed by atoms with Gasteiger partial charge in [-0.15, -0.1) is 0 Å². The predicted molar refractivity (Wildman–Crippen MR) is 140 cm³/mol. The van der Waals surface area contributed by atoms with Crippen LogP contribution in [0.1, 0.15) is 101 Å². The Labute approximate surface area is 197 Å². The normalized spacial score (nSPS) is 14.6. The fourth-order valence-corrected chi connectivity index (χ4v) is 5.15. The van der Waals surface area contributed by atoms with Gasteiger partial charge in [0.15, 0.2) is 0 Å². The zero-order valence-electron chi connectivity index (χ0n) is 20.6. The molecular weight excluding hydrogens is 384 g/mol. The fraction of sp³-hybridized carbons (Fsp3) is 0.438. The van der Waals surface area contributed by atoms with Crippen molar-refractivity contribution < 1.29 is 0 Å². The molecule has 0 amide bonds. The minimum Gasteiger partial charge on any atom is -0.0654 e. The van der Waals surface area contributed by atoms with Crippen LogP contribution in [0.15, 0.2) is 91.0 Å². The Kier molecular flexibility index (Phi) is 9.15. The lowest BCUT2D eigenvalue weighted by Gasteiger charge is -2.33. The van der Waals surface area contributed by atoms with Crippen LogP contribution in [0.2, 0.25) is 0 Å². The smallest absolute Gasteiger partial charge is 0.0150 e. The van der Waals surface area contributed by atoms with E-state index >= 15 is 0 Å². The van der Waals surface area contributed by atoms with Crippen molar-refractivity contribution in [2.75, 3.05) is 0 Å². The molecule has 3 atom stereocenters. The van der Waals surface area contributed by atoms with Crippen LogP contribution in [-0.4, -0.2) is 0 Å². The van der Waals surface area contributed by atoms with Crippen LogP contribution < -0.4 is 0 Å². The predicted octanol–water partition coefficient (Wildman–Crippen LogP) is 9.74. The van der Waals surface area contributed by atoms with Gasteiger partial charge in [0, 0.05) is 0 Å². The van der Waals surface area contributed by atoms with Crippen LogP contribution in [0.5, 0.6) is 0 Å². The topological polar surface area (TPSA) is 0 Å². The van der Waals surface area contributed by atoms with Crippen molar-refractivity contribution in [3.63, 3.8) is 0 Å². The maximum atomic E-state index is 2.43. The minimum absolute atomic E-state index is 0.351. The first-order valence-electron chi connectivity index (χ1n) is 12.7. The van der Waals surface area contributed by atoms with E-state index in [1.54, 1.807) is 0 Å². The number of hydrogen-bond donors (Lipinski definition) is 0. The largest absolute Gasteiger partial charge is 0.0654 e. The highest BCUT2D eigenvalue weighted by molar-refractivity contribution is 5.26. The average Bonchev–Trinajstić information content (AvgIpc) is 2.84. The zero-order valence-corrected chi connectivity index (χ0v) is 20.6. The van der Waals surface area contributed by atoms with Gasteiger partial charge in [-0.2, -0.15) is 0 Å². The number of hydrogen-bond acceptors (Lipinski definition) is 0. The maximum Gasteiger partial charge on any atom is -0.0150 e. The van der Waals surface area contributed by atoms with Crippen molar-refractivity contribution >= 4 is 0 Å². The molecule has 170 valence electrons. The van der Waals surface area contributed by atoms with Crippen molar-refractivity contribution in [2.24, 2.45) is 5.41 Å². The Hall–Kier alpha value is -2.34. The first kappa shape index (κ1) is 24.3. The van der Waals surface area contributed by atoms with E-state index in [9.17, 15) is 0 Å². The monoisotopic (exact) mass is 426 g/mol. The molecule has 3 aromatic carbocycles. The highest BCUT2D eigenvalue weighted by Crippen LogP contribution is 2.43. The van der Waals surface area contributed by atoms with E-state index in [1.807, 2.05) is 0 Å². The van der Waals surface area contributed by atoms with Crippen LogP contribution in [-0.2, 0) is 0 Å². The first-order chi connectivity index (χ1) is 15.5. The molecule has 3 unspecified atom stereocenters. The summed E-state index contributed by atoms with van der Waals surface area (Å²) in [5, 5.41) is 0. The van der Waals surface area contributed by atoms with E-state index in [4.69, 9.17) is 0 Å². The SMILES string of the molecule is CCCC(CC(CC(CC(C)(C)CC)c1ccccc1)c1ccccc1)c1ccccc1. The van der Waals surface area contributed by atoms with Crippen LogP contribution in [0.25, 0.3) is 0 Å². The van der Waals surface area contributed by atoms with Crippen LogP contribution in [0, 0.1) is 5.41 Å². The number of rotatable bonds is 12. The van der Waals surface area contributed by atoms with Gasteiger partial charge in [0.1, 0.15) is 0 Å². The lowest BCUT2D eigenvalue weighted by atomic mass is 9.72. The van der Waals surface area contributed by atoms with E-state index < -0.39 is 0 Å². The van der Waals surface area contributed by atoms with E-state index in [-0.39, 0.29) is 0 Å². The van der Waals surface area contributed by atoms with Gasteiger partial charge in [0.05, 0.1) is 0 Å². The van der Waals surface area contributed by atoms with E-state index in [2.05, 4.69) is 119 Å². The number of benzene rings is 3. The van der Waals surface area contributed by atoms with Gasteiger partial charge in [-0.25, -0.2) is 0 Å². The van der Waals surface area contributed by atoms with Gasteiger partial charge < -0.3 is 0 Å². The Morgan fingerprint density at radius 3 is 1.41 bits per heavy atom. The molecule has 0 aliphatic carbocycles. The van der Waals surface area contributed by atoms with Crippen molar-refractivity contribution in [1.29, 1.82) is 0 Å². The third-order valence-electron chi connectivity index (χ3n) is 7.34. The molecule has 0 saturated carbocycles. The van der Waals surface area contributed by atoms with Crippen molar-refractivity contribution in [2.45, 2.75) is 84.0 Å². The molecule has 0 aromatic heterocycles. The molecule has 3 aromatic rings. The summed E-state index contributed by atoms with van der Waals surface area (Å²) < 4.78 is 0. The molecular formula is C32H42. The third kappa shape index (κ3) is 7.09. The van der Waals surface area contributed by atoms with Crippen molar-refractivity contribution in [1.82, 2.24) is 0 Å². The summed E-state index contributed by atoms with van der Waals surface area (Å²) in [4.78, 5) is 0. The zero-order chi connectivity index (χ0) is 22.8. The molecule has 0 N–H and O–H groups in total. The van der Waals surface area contributed by atoms with Crippen LogP contribution >= 0.6 is 0 Å². The van der Waals surface area contributed by atoms with Gasteiger partial charge in [0.2, 0.25) is 0 Å². The van der Waals surface area contributed by atoms with E-state index in [0.29, 0.717) is 23.2 Å². The Morgan fingerprint density at radius 1 is 0.562 bits per heavy atom. The molecule has 0 radical (unpaired) electrons. The van der Waals surface area contributed by atoms with Crippen molar-refractivity contribution in [3.8, 4) is 0 Å². The molecule has 0 fully saturated rings. The molecule has 0 spiro atoms. The molecule has 0 heterocycles. The summed E-state index contributed by atoms with van der Waals surface area (Å²) in [6, 6.07) is 33.7. The van der Waals surface area contributed by atoms with E-state index in [0.717, 1.165) is 0 Å². The molecule has 0 aliphatic heterocycles. The van der Waals surface area contributed by atoms with Gasteiger partial charge in [0.25, 0.3) is 0 Å². The quantitative estimate of drug-likeness (QED) is 0.270. The first-order valence-corrected chi connectivity index (χ1v) is 12.7. The summed E-state index contributed by atoms with van der Waals surface area (Å²) in [6.45, 7) is 9.53. The molecule has 0 aliphatic rings. The molecule has 3 rings (SSSR count). The summed E-state index contributed by atoms with van der Waals surface area (Å²) in [6.07, 6.45) is 7.37. The summed E-state index contributed by atoms with van der Waals surface area (Å²) in [5.74, 6) is 1.75. The average molecular weight is 427 g/mol. The third-order valence-corrected chi connectivity index (χ3v) is 7.34. The van der Waals surface area contributed by atoms with E-state index in [1.165, 1.54) is 55.2 Å². The van der Waals surface area contributed by atoms with Crippen LogP contribution in [0.4, 0.5) is 0 Å². The van der Waals surface area contributed by atoms with Crippen LogP contribution in [0.3, 0.4) is 0 Å². The lowest BCUT2D eigenvalue weighted by Crippen LogP contribution is -2.18. The fourth-order valence-electron chi connectivity index (χ4n) is 5.15. The molecule has 0 bridgehead atoms. The highest BCUT2D eigenvalue weighted by atomic mass is 14.3. The molecule has 0 saturated heterocycles. The second kappa shape index (κ2) is 12.0. The van der Waals surface area contributed by atoms with Gasteiger partial charge in [-0.05, 0) is 65.5 Å². The van der Waals surface area contributed by atoms with Crippen molar-refractivity contribution in [3.05, 3.63) is 108 Å². The second-order valence-electron chi connectivity index (χ2n) is 10.3. The minimum atomic E-state index is 0.351. The molecule has 32 heavy (non-hydrogen) atoms. The summed E-state index contributed by atoms with van der Waals surface area (Å²) >= 11 is 0. The summed E-state index contributed by atoms with van der Waals surface area (Å²) in [7, 11) is 0. The van der Waals surface area contributed by atoms with Gasteiger partial charge in [-0.3, -0.25) is 0 Å². The van der Waals surface area contributed by atoms with Gasteiger partial charge in [-0.1, -0.05) is 132 Å². The highest BCUT2D eigenvalue weighted by Gasteiger charge is 2.28. The summed E-state index contributed by atoms with van der Waals surface area (Å²) in [5.41, 5.74) is 4.85. The maximum absolute atomic E-state index is 2.43. The Morgan fingerprint density at radius 2 is 0.969 bits per heavy atom. The molecule has 0 heteroatoms. The standard InChI is InChI=1S/C32H42/c1-5-16-29(26-17-10-7-11-18-26)23-30(27-19-12-8-13-20-27)24-31(25-32(3,4)6-2)28-21-14-9-15-22-28/h7-15,17-22,29-31H,5-6,16,23-25H2,1-4H3. The lowest BCUT2D eigenvalue weighted by molar-refractivity contribution is 0.276. The Balaban J connectivity index is 1.93. The molecule has 0 nitrogen and oxygen atoms in total. The van der Waals surface area contributed by atoms with Gasteiger partial charge >= 0.3 is 0 Å². The second-order valence-corrected chi connectivity index (χ2v) is 10.3. The Bertz CT molecular complexity index is 879.